The van der Waals surface area contributed by atoms with Crippen LogP contribution < -0.4 is 5.32 Å². The summed E-state index contributed by atoms with van der Waals surface area (Å²) in [6.07, 6.45) is 0.102. The number of rotatable bonds is 2. The Labute approximate surface area is 126 Å². The van der Waals surface area contributed by atoms with E-state index in [1.54, 1.807) is 25.1 Å². The van der Waals surface area contributed by atoms with Crippen molar-refractivity contribution in [3.05, 3.63) is 45.1 Å². The van der Waals surface area contributed by atoms with E-state index in [9.17, 15) is 9.59 Å². The van der Waals surface area contributed by atoms with Gasteiger partial charge in [0, 0.05) is 28.1 Å². The Morgan fingerprint density at radius 3 is 2.50 bits per heavy atom. The second-order valence-corrected chi connectivity index (χ2v) is 5.28. The molecule has 1 heterocycles. The molecule has 20 heavy (non-hydrogen) atoms. The van der Waals surface area contributed by atoms with Crippen molar-refractivity contribution in [1.82, 2.24) is 5.32 Å². The molecule has 0 spiro atoms. The van der Waals surface area contributed by atoms with Crippen LogP contribution in [0.2, 0.25) is 10.0 Å². The smallest absolute Gasteiger partial charge is 0.336 e. The number of halogens is 2. The first-order chi connectivity index (χ1) is 9.45. The molecule has 6 heteroatoms. The Bertz CT molecular complexity index is 590. The summed E-state index contributed by atoms with van der Waals surface area (Å²) in [4.78, 5) is 23.7. The highest BCUT2D eigenvalue weighted by Gasteiger charge is 2.34. The molecule has 1 N–H and O–H groups in total. The summed E-state index contributed by atoms with van der Waals surface area (Å²) < 4.78 is 4.79. The normalized spacial score (nSPS) is 18.8. The first kappa shape index (κ1) is 14.9. The van der Waals surface area contributed by atoms with Crippen LogP contribution in [-0.4, -0.2) is 19.0 Å². The van der Waals surface area contributed by atoms with Crippen molar-refractivity contribution in [3.8, 4) is 0 Å². The van der Waals surface area contributed by atoms with E-state index in [4.69, 9.17) is 27.9 Å². The number of hydrogen-bond acceptors (Lipinski definition) is 3. The van der Waals surface area contributed by atoms with Crippen molar-refractivity contribution in [2.75, 3.05) is 7.11 Å². The summed E-state index contributed by atoms with van der Waals surface area (Å²) in [5, 5.41) is 3.48. The predicted molar refractivity (Wildman–Crippen MR) is 76.7 cm³/mol. The highest BCUT2D eigenvalue weighted by atomic mass is 35.5. The minimum atomic E-state index is -0.502. The maximum Gasteiger partial charge on any atom is 0.336 e. The molecule has 1 atom stereocenters. The Kier molecular flexibility index (Phi) is 4.35. The molecule has 1 aromatic rings. The van der Waals surface area contributed by atoms with E-state index >= 15 is 0 Å². The molecular weight excluding hydrogens is 301 g/mol. The van der Waals surface area contributed by atoms with Crippen LogP contribution in [0.3, 0.4) is 0 Å². The van der Waals surface area contributed by atoms with Crippen LogP contribution in [0.5, 0.6) is 0 Å². The van der Waals surface area contributed by atoms with Gasteiger partial charge in [0.05, 0.1) is 12.7 Å². The molecule has 0 unspecified atom stereocenters. The number of amides is 1. The number of carbonyl (C=O) groups excluding carboxylic acids is 2. The van der Waals surface area contributed by atoms with Crippen LogP contribution in [0.25, 0.3) is 0 Å². The van der Waals surface area contributed by atoms with E-state index in [1.165, 1.54) is 7.11 Å². The molecule has 1 amide bonds. The third-order valence-corrected chi connectivity index (χ3v) is 3.88. The summed E-state index contributed by atoms with van der Waals surface area (Å²) in [5.41, 5.74) is 1.42. The van der Waals surface area contributed by atoms with Gasteiger partial charge in [-0.25, -0.2) is 4.79 Å². The van der Waals surface area contributed by atoms with E-state index < -0.39 is 11.9 Å². The molecule has 1 aromatic carbocycles. The molecule has 0 radical (unpaired) electrons. The van der Waals surface area contributed by atoms with Gasteiger partial charge >= 0.3 is 5.97 Å². The van der Waals surface area contributed by atoms with E-state index in [0.717, 1.165) is 0 Å². The first-order valence-electron chi connectivity index (χ1n) is 5.98. The maximum absolute atomic E-state index is 12.0. The Hall–Kier alpha value is -1.52. The molecular formula is C14H13Cl2NO3. The van der Waals surface area contributed by atoms with Gasteiger partial charge in [-0.3, -0.25) is 4.79 Å². The molecule has 1 aliphatic heterocycles. The second-order valence-electron chi connectivity index (χ2n) is 4.47. The summed E-state index contributed by atoms with van der Waals surface area (Å²) in [7, 11) is 1.30. The molecule has 0 saturated carbocycles. The van der Waals surface area contributed by atoms with Gasteiger partial charge in [0.25, 0.3) is 0 Å². The van der Waals surface area contributed by atoms with Gasteiger partial charge in [-0.05, 0) is 24.6 Å². The third kappa shape index (κ3) is 2.67. The van der Waals surface area contributed by atoms with Crippen LogP contribution in [0.15, 0.2) is 29.5 Å². The topological polar surface area (TPSA) is 55.4 Å². The minimum absolute atomic E-state index is 0.102. The van der Waals surface area contributed by atoms with Gasteiger partial charge in [-0.2, -0.15) is 0 Å². The standard InChI is InChI=1S/C14H13Cl2NO3/c1-7-12(14(19)20-2)8(6-11(18)17-7)13-9(15)4-3-5-10(13)16/h3-5,8H,6H2,1-2H3,(H,17,18)/t8-/m0/s1. The van der Waals surface area contributed by atoms with Gasteiger partial charge in [-0.1, -0.05) is 29.3 Å². The summed E-state index contributed by atoms with van der Waals surface area (Å²) in [5.74, 6) is -1.18. The molecule has 0 bridgehead atoms. The summed E-state index contributed by atoms with van der Waals surface area (Å²) in [6.45, 7) is 1.65. The number of esters is 1. The fourth-order valence-corrected chi connectivity index (χ4v) is 3.03. The second kappa shape index (κ2) is 5.85. The predicted octanol–water partition coefficient (Wildman–Crippen LogP) is 3.04. The van der Waals surface area contributed by atoms with Crippen LogP contribution in [0.1, 0.15) is 24.8 Å². The lowest BCUT2D eigenvalue weighted by molar-refractivity contribution is -0.136. The van der Waals surface area contributed by atoms with Gasteiger partial charge in [0.2, 0.25) is 5.91 Å². The van der Waals surface area contributed by atoms with Crippen molar-refractivity contribution < 1.29 is 14.3 Å². The Morgan fingerprint density at radius 1 is 1.35 bits per heavy atom. The van der Waals surface area contributed by atoms with E-state index in [2.05, 4.69) is 5.32 Å². The van der Waals surface area contributed by atoms with Crippen molar-refractivity contribution in [3.63, 3.8) is 0 Å². The molecule has 0 aliphatic carbocycles. The molecule has 0 aromatic heterocycles. The van der Waals surface area contributed by atoms with E-state index in [0.29, 0.717) is 26.9 Å². The van der Waals surface area contributed by atoms with Gasteiger partial charge in [0.1, 0.15) is 0 Å². The molecule has 0 saturated heterocycles. The van der Waals surface area contributed by atoms with Crippen LogP contribution >= 0.6 is 23.2 Å². The van der Waals surface area contributed by atoms with Gasteiger partial charge < -0.3 is 10.1 Å². The molecule has 2 rings (SSSR count). The van der Waals surface area contributed by atoms with Crippen LogP contribution in [0, 0.1) is 0 Å². The van der Waals surface area contributed by atoms with Crippen LogP contribution in [0.4, 0.5) is 0 Å². The lowest BCUT2D eigenvalue weighted by atomic mass is 9.84. The average molecular weight is 314 g/mol. The first-order valence-corrected chi connectivity index (χ1v) is 6.74. The largest absolute Gasteiger partial charge is 0.466 e. The van der Waals surface area contributed by atoms with Crippen molar-refractivity contribution >= 4 is 35.1 Å². The van der Waals surface area contributed by atoms with Crippen molar-refractivity contribution in [2.45, 2.75) is 19.3 Å². The minimum Gasteiger partial charge on any atom is -0.466 e. The zero-order chi connectivity index (χ0) is 14.9. The fourth-order valence-electron chi connectivity index (χ4n) is 2.37. The lowest BCUT2D eigenvalue weighted by Gasteiger charge is -2.27. The maximum atomic E-state index is 12.0. The zero-order valence-corrected chi connectivity index (χ0v) is 12.5. The number of carbonyl (C=O) groups is 2. The Balaban J connectivity index is 2.60. The zero-order valence-electron chi connectivity index (χ0n) is 11.0. The molecule has 1 aliphatic rings. The lowest BCUT2D eigenvalue weighted by Crippen LogP contribution is -2.34. The fraction of sp³-hybridized carbons (Fsp3) is 0.286. The van der Waals surface area contributed by atoms with E-state index in [-0.39, 0.29) is 12.3 Å². The van der Waals surface area contributed by atoms with Gasteiger partial charge in [0.15, 0.2) is 0 Å². The number of nitrogens with one attached hydrogen (secondary N) is 1. The highest BCUT2D eigenvalue weighted by Crippen LogP contribution is 2.40. The summed E-state index contributed by atoms with van der Waals surface area (Å²) >= 11 is 12.4. The SMILES string of the molecule is COC(=O)C1=C(C)NC(=O)C[C@@H]1c1c(Cl)cccc1Cl. The Morgan fingerprint density at radius 2 is 1.95 bits per heavy atom. The number of benzene rings is 1. The molecule has 0 fully saturated rings. The molecule has 106 valence electrons. The monoisotopic (exact) mass is 313 g/mol. The number of methoxy groups -OCH3 is 1. The highest BCUT2D eigenvalue weighted by molar-refractivity contribution is 6.36. The quantitative estimate of drug-likeness (QED) is 0.854. The van der Waals surface area contributed by atoms with Crippen LogP contribution in [-0.2, 0) is 14.3 Å². The number of hydrogen-bond donors (Lipinski definition) is 1. The summed E-state index contributed by atoms with van der Waals surface area (Å²) in [6, 6.07) is 5.07. The average Bonchev–Trinajstić information content (AvgIpc) is 2.37. The third-order valence-electron chi connectivity index (χ3n) is 3.22. The van der Waals surface area contributed by atoms with Gasteiger partial charge in [-0.15, -0.1) is 0 Å². The number of ether oxygens (including phenoxy) is 1. The van der Waals surface area contributed by atoms with E-state index in [1.807, 2.05) is 0 Å². The van der Waals surface area contributed by atoms with Crippen molar-refractivity contribution in [1.29, 1.82) is 0 Å². The van der Waals surface area contributed by atoms with Crippen molar-refractivity contribution in [2.24, 2.45) is 0 Å². The number of allylic oxidation sites excluding steroid dienone is 1. The molecule has 4 nitrogen and oxygen atoms in total.